The number of ether oxygens (including phenoxy) is 1. The van der Waals surface area contributed by atoms with Gasteiger partial charge in [0.05, 0.1) is 31.6 Å². The fourth-order valence-corrected chi connectivity index (χ4v) is 3.06. The lowest BCUT2D eigenvalue weighted by molar-refractivity contribution is 0.0533. The van der Waals surface area contributed by atoms with Gasteiger partial charge in [-0.2, -0.15) is 0 Å². The molecule has 0 unspecified atom stereocenters. The summed E-state index contributed by atoms with van der Waals surface area (Å²) < 4.78 is 7.02. The van der Waals surface area contributed by atoms with Gasteiger partial charge in [0.2, 0.25) is 0 Å². The Morgan fingerprint density at radius 3 is 2.91 bits per heavy atom. The lowest BCUT2D eigenvalue weighted by Crippen LogP contribution is -2.37. The molecule has 1 amide bonds. The number of aromatic nitrogens is 3. The van der Waals surface area contributed by atoms with Crippen LogP contribution in [0.15, 0.2) is 6.20 Å². The third kappa shape index (κ3) is 3.45. The zero-order chi connectivity index (χ0) is 15.5. The van der Waals surface area contributed by atoms with E-state index in [1.165, 1.54) is 0 Å². The van der Waals surface area contributed by atoms with Crippen LogP contribution in [0.25, 0.3) is 0 Å². The van der Waals surface area contributed by atoms with Crippen LogP contribution in [0.2, 0.25) is 0 Å². The van der Waals surface area contributed by atoms with E-state index in [-0.39, 0.29) is 31.1 Å². The molecule has 0 bridgehead atoms. The molecule has 2 heterocycles. The van der Waals surface area contributed by atoms with Crippen LogP contribution in [0.1, 0.15) is 42.2 Å². The first-order valence-electron chi connectivity index (χ1n) is 7.86. The van der Waals surface area contributed by atoms with E-state index in [1.54, 1.807) is 15.8 Å². The maximum absolute atomic E-state index is 12.5. The highest BCUT2D eigenvalue weighted by molar-refractivity contribution is 5.92. The largest absolute Gasteiger partial charge is 0.389 e. The van der Waals surface area contributed by atoms with Gasteiger partial charge in [0.1, 0.15) is 0 Å². The highest BCUT2D eigenvalue weighted by atomic mass is 16.5. The average molecular weight is 309 g/mol. The molecule has 0 radical (unpaired) electrons. The smallest absolute Gasteiger partial charge is 0.276 e. The van der Waals surface area contributed by atoms with Crippen LogP contribution >= 0.6 is 0 Å². The molecule has 122 valence electrons. The van der Waals surface area contributed by atoms with Gasteiger partial charge in [0.15, 0.2) is 5.69 Å². The number of β-amino-alcohol motifs (C(OH)–C–C–N with tert-alkyl or cyclic N) is 1. The van der Waals surface area contributed by atoms with Crippen LogP contribution in [0.5, 0.6) is 0 Å². The van der Waals surface area contributed by atoms with Gasteiger partial charge in [0.25, 0.3) is 5.91 Å². The molecule has 1 aromatic rings. The third-order valence-corrected chi connectivity index (χ3v) is 4.38. The first-order valence-corrected chi connectivity index (χ1v) is 7.86. The molecule has 1 saturated heterocycles. The van der Waals surface area contributed by atoms with E-state index in [9.17, 15) is 9.90 Å². The van der Waals surface area contributed by atoms with Crippen molar-refractivity contribution in [2.24, 2.45) is 5.73 Å². The summed E-state index contributed by atoms with van der Waals surface area (Å²) in [6, 6.07) is 0.548. The molecule has 1 atom stereocenters. The summed E-state index contributed by atoms with van der Waals surface area (Å²) in [7, 11) is 0. The second-order valence-corrected chi connectivity index (χ2v) is 6.13. The number of amides is 1. The number of aliphatic hydroxyl groups excluding tert-OH is 1. The van der Waals surface area contributed by atoms with Crippen LogP contribution in [-0.4, -0.2) is 69.4 Å². The first kappa shape index (κ1) is 15.4. The fourth-order valence-electron chi connectivity index (χ4n) is 3.06. The monoisotopic (exact) mass is 309 g/mol. The predicted octanol–water partition coefficient (Wildman–Crippen LogP) is -0.446. The minimum Gasteiger partial charge on any atom is -0.389 e. The van der Waals surface area contributed by atoms with Crippen molar-refractivity contribution in [2.75, 3.05) is 26.3 Å². The van der Waals surface area contributed by atoms with E-state index in [1.807, 2.05) is 0 Å². The average Bonchev–Trinajstić information content (AvgIpc) is 2.90. The maximum atomic E-state index is 12.5. The van der Waals surface area contributed by atoms with E-state index in [2.05, 4.69) is 10.3 Å². The molecule has 0 aromatic carbocycles. The Kier molecular flexibility index (Phi) is 4.70. The number of carbonyl (C=O) groups excluding carboxylic acids is 1. The zero-order valence-electron chi connectivity index (χ0n) is 12.6. The summed E-state index contributed by atoms with van der Waals surface area (Å²) in [6.45, 7) is 1.42. The second-order valence-electron chi connectivity index (χ2n) is 6.13. The van der Waals surface area contributed by atoms with E-state index in [0.29, 0.717) is 18.8 Å². The van der Waals surface area contributed by atoms with Crippen molar-refractivity contribution >= 4 is 5.91 Å². The third-order valence-electron chi connectivity index (χ3n) is 4.38. The van der Waals surface area contributed by atoms with Gasteiger partial charge in [-0.1, -0.05) is 5.21 Å². The standard InChI is InChI=1S/C14H23N5O3/c15-10-1-3-11(4-2-10)19-8-13(16-17-19)14(21)18-5-6-22-9-12(20)7-18/h8,10-12,20H,1-7,9,15H2/t10?,11?,12-/m1/s1. The number of rotatable bonds is 2. The minimum absolute atomic E-state index is 0.205. The normalized spacial score (nSPS) is 30.1. The Balaban J connectivity index is 1.66. The van der Waals surface area contributed by atoms with E-state index in [0.717, 1.165) is 25.7 Å². The zero-order valence-corrected chi connectivity index (χ0v) is 12.6. The molecule has 22 heavy (non-hydrogen) atoms. The Bertz CT molecular complexity index is 512. The van der Waals surface area contributed by atoms with Crippen LogP contribution in [0.4, 0.5) is 0 Å². The number of carbonyl (C=O) groups is 1. The molecule has 1 aliphatic heterocycles. The van der Waals surface area contributed by atoms with Crippen LogP contribution in [0, 0.1) is 0 Å². The molecule has 8 heteroatoms. The lowest BCUT2D eigenvalue weighted by Gasteiger charge is -2.25. The highest BCUT2D eigenvalue weighted by Crippen LogP contribution is 2.26. The molecular weight excluding hydrogens is 286 g/mol. The Hall–Kier alpha value is -1.51. The number of nitrogens with zero attached hydrogens (tertiary/aromatic N) is 4. The van der Waals surface area contributed by atoms with Crippen molar-refractivity contribution in [3.05, 3.63) is 11.9 Å². The molecule has 0 spiro atoms. The minimum atomic E-state index is -0.652. The SMILES string of the molecule is NC1CCC(n2cc(C(=O)N3CCOC[C@H](O)C3)nn2)CC1. The summed E-state index contributed by atoms with van der Waals surface area (Å²) in [5, 5.41) is 17.8. The molecule has 1 saturated carbocycles. The summed E-state index contributed by atoms with van der Waals surface area (Å²) in [5.41, 5.74) is 6.24. The number of hydrogen-bond acceptors (Lipinski definition) is 6. The van der Waals surface area contributed by atoms with Crippen molar-refractivity contribution in [3.63, 3.8) is 0 Å². The maximum Gasteiger partial charge on any atom is 0.276 e. The Morgan fingerprint density at radius 1 is 1.36 bits per heavy atom. The van der Waals surface area contributed by atoms with Gasteiger partial charge >= 0.3 is 0 Å². The van der Waals surface area contributed by atoms with Gasteiger partial charge < -0.3 is 20.5 Å². The molecule has 1 aliphatic carbocycles. The van der Waals surface area contributed by atoms with Crippen molar-refractivity contribution in [2.45, 2.75) is 43.9 Å². The summed E-state index contributed by atoms with van der Waals surface area (Å²) >= 11 is 0. The Morgan fingerprint density at radius 2 is 2.14 bits per heavy atom. The van der Waals surface area contributed by atoms with Crippen molar-refractivity contribution in [3.8, 4) is 0 Å². The molecule has 1 aromatic heterocycles. The van der Waals surface area contributed by atoms with Crippen molar-refractivity contribution < 1.29 is 14.6 Å². The number of aliphatic hydroxyl groups is 1. The predicted molar refractivity (Wildman–Crippen MR) is 78.2 cm³/mol. The lowest BCUT2D eigenvalue weighted by atomic mass is 9.92. The van der Waals surface area contributed by atoms with E-state index in [4.69, 9.17) is 10.5 Å². The number of hydrogen-bond donors (Lipinski definition) is 2. The molecular formula is C14H23N5O3. The van der Waals surface area contributed by atoms with Gasteiger partial charge in [-0.05, 0) is 25.7 Å². The first-order chi connectivity index (χ1) is 10.6. The van der Waals surface area contributed by atoms with Gasteiger partial charge in [-0.3, -0.25) is 4.79 Å². The van der Waals surface area contributed by atoms with Crippen LogP contribution in [-0.2, 0) is 4.74 Å². The van der Waals surface area contributed by atoms with Gasteiger partial charge in [-0.25, -0.2) is 4.68 Å². The number of nitrogens with two attached hydrogens (primary N) is 1. The topological polar surface area (TPSA) is 106 Å². The summed E-state index contributed by atoms with van der Waals surface area (Å²) in [6.07, 6.45) is 4.94. The van der Waals surface area contributed by atoms with Crippen LogP contribution in [0.3, 0.4) is 0 Å². The van der Waals surface area contributed by atoms with E-state index < -0.39 is 6.10 Å². The molecule has 2 aliphatic rings. The highest BCUT2D eigenvalue weighted by Gasteiger charge is 2.26. The van der Waals surface area contributed by atoms with E-state index >= 15 is 0 Å². The van der Waals surface area contributed by atoms with Crippen molar-refractivity contribution in [1.82, 2.24) is 19.9 Å². The second kappa shape index (κ2) is 6.72. The van der Waals surface area contributed by atoms with Gasteiger partial charge in [0, 0.05) is 19.1 Å². The molecule has 8 nitrogen and oxygen atoms in total. The summed E-state index contributed by atoms with van der Waals surface area (Å²) in [4.78, 5) is 14.0. The van der Waals surface area contributed by atoms with Crippen molar-refractivity contribution in [1.29, 1.82) is 0 Å². The fraction of sp³-hybridized carbons (Fsp3) is 0.786. The quantitative estimate of drug-likeness (QED) is 0.766. The molecule has 3 rings (SSSR count). The van der Waals surface area contributed by atoms with Gasteiger partial charge in [-0.15, -0.1) is 5.10 Å². The van der Waals surface area contributed by atoms with Crippen LogP contribution < -0.4 is 5.73 Å². The summed E-state index contributed by atoms with van der Waals surface area (Å²) in [5.74, 6) is -0.205. The Labute approximate surface area is 129 Å². The molecule has 3 N–H and O–H groups in total. The molecule has 2 fully saturated rings.